The van der Waals surface area contributed by atoms with Gasteiger partial charge >= 0.3 is 0 Å². The molecule has 2 amide bonds. The number of hydrogen-bond donors (Lipinski definition) is 2. The van der Waals surface area contributed by atoms with Gasteiger partial charge in [-0.3, -0.25) is 9.59 Å². The summed E-state index contributed by atoms with van der Waals surface area (Å²) >= 11 is 0. The number of amides is 2. The van der Waals surface area contributed by atoms with Crippen molar-refractivity contribution < 1.29 is 19.1 Å². The molecular weight excluding hydrogens is 360 g/mol. The third kappa shape index (κ3) is 4.29. The second kappa shape index (κ2) is 8.26. The quantitative estimate of drug-likeness (QED) is 0.654. The maximum absolute atomic E-state index is 12.4. The minimum atomic E-state index is -0.657. The van der Waals surface area contributed by atoms with Crippen molar-refractivity contribution in [3.63, 3.8) is 0 Å². The second-order valence-electron chi connectivity index (χ2n) is 5.98. The number of carbonyl (C=O) groups excluding carboxylic acids is 2. The highest BCUT2D eigenvalue weighted by molar-refractivity contribution is 5.96. The monoisotopic (exact) mass is 380 g/mol. The average Bonchev–Trinajstić information content (AvgIpc) is 3.06. The molecule has 0 spiro atoms. The number of carbonyl (C=O) groups is 2. The van der Waals surface area contributed by atoms with Crippen LogP contribution in [0.15, 0.2) is 54.6 Å². The maximum Gasteiger partial charge on any atom is 0.263 e. The van der Waals surface area contributed by atoms with E-state index in [4.69, 9.17) is 15.2 Å². The lowest BCUT2D eigenvalue weighted by molar-refractivity contribution is -0.118. The molecule has 0 aliphatic rings. The molecule has 2 aromatic carbocycles. The van der Waals surface area contributed by atoms with Gasteiger partial charge in [0.1, 0.15) is 17.3 Å². The van der Waals surface area contributed by atoms with Gasteiger partial charge in [-0.25, -0.2) is 4.68 Å². The zero-order valence-electron chi connectivity index (χ0n) is 15.5. The van der Waals surface area contributed by atoms with Gasteiger partial charge in [-0.1, -0.05) is 18.2 Å². The van der Waals surface area contributed by atoms with E-state index in [2.05, 4.69) is 10.4 Å². The summed E-state index contributed by atoms with van der Waals surface area (Å²) in [7, 11) is 1.49. The number of hydrogen-bond acceptors (Lipinski definition) is 5. The molecular formula is C20H20N4O4. The molecule has 0 fully saturated rings. The Morgan fingerprint density at radius 3 is 2.57 bits per heavy atom. The SMILES string of the molecule is COc1ccc(C(N)=O)c(OCC(=O)Nc2cc(C)nn2-c2ccccc2)c1. The maximum atomic E-state index is 12.4. The van der Waals surface area contributed by atoms with Gasteiger partial charge in [0.05, 0.1) is 24.1 Å². The fraction of sp³-hybridized carbons (Fsp3) is 0.150. The molecule has 0 bridgehead atoms. The lowest BCUT2D eigenvalue weighted by Crippen LogP contribution is -2.23. The summed E-state index contributed by atoms with van der Waals surface area (Å²) in [6, 6.07) is 15.8. The van der Waals surface area contributed by atoms with Crippen molar-refractivity contribution in [2.75, 3.05) is 19.0 Å². The first kappa shape index (κ1) is 19.0. The van der Waals surface area contributed by atoms with Gasteiger partial charge in [0.2, 0.25) is 0 Å². The lowest BCUT2D eigenvalue weighted by Gasteiger charge is -2.12. The number of rotatable bonds is 7. The van der Waals surface area contributed by atoms with Crippen LogP contribution in [0.1, 0.15) is 16.1 Å². The Kier molecular flexibility index (Phi) is 5.59. The van der Waals surface area contributed by atoms with E-state index in [-0.39, 0.29) is 17.9 Å². The first-order valence-corrected chi connectivity index (χ1v) is 8.50. The normalized spacial score (nSPS) is 10.4. The van der Waals surface area contributed by atoms with E-state index in [0.29, 0.717) is 11.6 Å². The molecule has 144 valence electrons. The molecule has 8 nitrogen and oxygen atoms in total. The number of aromatic nitrogens is 2. The van der Waals surface area contributed by atoms with Crippen molar-refractivity contribution in [3.05, 3.63) is 65.9 Å². The predicted octanol–water partition coefficient (Wildman–Crippen LogP) is 2.31. The van der Waals surface area contributed by atoms with E-state index in [0.717, 1.165) is 11.4 Å². The molecule has 0 aliphatic carbocycles. The van der Waals surface area contributed by atoms with Crippen LogP contribution in [0, 0.1) is 6.92 Å². The van der Waals surface area contributed by atoms with Gasteiger partial charge in [0, 0.05) is 12.1 Å². The molecule has 0 aliphatic heterocycles. The summed E-state index contributed by atoms with van der Waals surface area (Å²) in [6.45, 7) is 1.52. The summed E-state index contributed by atoms with van der Waals surface area (Å²) in [4.78, 5) is 23.9. The van der Waals surface area contributed by atoms with Gasteiger partial charge in [-0.2, -0.15) is 5.10 Å². The molecule has 0 saturated heterocycles. The summed E-state index contributed by atoms with van der Waals surface area (Å²) < 4.78 is 12.3. The van der Waals surface area contributed by atoms with Crippen molar-refractivity contribution >= 4 is 17.6 Å². The number of nitrogens with zero attached hydrogens (tertiary/aromatic N) is 2. The minimum absolute atomic E-state index is 0.166. The van der Waals surface area contributed by atoms with E-state index in [1.165, 1.54) is 19.2 Å². The van der Waals surface area contributed by atoms with E-state index in [1.54, 1.807) is 16.8 Å². The second-order valence-corrected chi connectivity index (χ2v) is 5.98. The standard InChI is InChI=1S/C20H20N4O4/c1-13-10-18(24(23-13)14-6-4-3-5-7-14)22-19(25)12-28-17-11-15(27-2)8-9-16(17)20(21)26/h3-11H,12H2,1-2H3,(H2,21,26)(H,22,25). The number of aryl methyl sites for hydroxylation is 1. The minimum Gasteiger partial charge on any atom is -0.497 e. The molecule has 1 heterocycles. The Morgan fingerprint density at radius 1 is 1.14 bits per heavy atom. The third-order valence-electron chi connectivity index (χ3n) is 3.91. The Hall–Kier alpha value is -3.81. The number of methoxy groups -OCH3 is 1. The first-order valence-electron chi connectivity index (χ1n) is 8.50. The van der Waals surface area contributed by atoms with Crippen LogP contribution in [0.2, 0.25) is 0 Å². The molecule has 3 aromatic rings. The van der Waals surface area contributed by atoms with Crippen LogP contribution in [0.25, 0.3) is 5.69 Å². The molecule has 8 heteroatoms. The summed E-state index contributed by atoms with van der Waals surface area (Å²) in [5, 5.41) is 7.16. The van der Waals surface area contributed by atoms with Gasteiger partial charge in [0.15, 0.2) is 6.61 Å². The van der Waals surface area contributed by atoms with E-state index in [9.17, 15) is 9.59 Å². The smallest absolute Gasteiger partial charge is 0.263 e. The first-order chi connectivity index (χ1) is 13.5. The number of anilines is 1. The van der Waals surface area contributed by atoms with Crippen molar-refractivity contribution in [2.45, 2.75) is 6.92 Å². The van der Waals surface area contributed by atoms with Gasteiger partial charge < -0.3 is 20.5 Å². The van der Waals surface area contributed by atoms with E-state index >= 15 is 0 Å². The molecule has 3 N–H and O–H groups in total. The number of nitrogens with two attached hydrogens (primary N) is 1. The van der Waals surface area contributed by atoms with Crippen LogP contribution in [-0.4, -0.2) is 35.3 Å². The lowest BCUT2D eigenvalue weighted by atomic mass is 10.2. The van der Waals surface area contributed by atoms with Gasteiger partial charge in [0.25, 0.3) is 11.8 Å². The Bertz CT molecular complexity index is 999. The van der Waals surface area contributed by atoms with Crippen LogP contribution in [0.5, 0.6) is 11.5 Å². The Morgan fingerprint density at radius 2 is 1.89 bits per heavy atom. The van der Waals surface area contributed by atoms with Gasteiger partial charge in [-0.05, 0) is 31.2 Å². The topological polar surface area (TPSA) is 108 Å². The summed E-state index contributed by atoms with van der Waals surface area (Å²) in [5.41, 5.74) is 7.09. The number of para-hydroxylation sites is 1. The largest absolute Gasteiger partial charge is 0.497 e. The molecule has 0 unspecified atom stereocenters. The molecule has 0 radical (unpaired) electrons. The Balaban J connectivity index is 1.73. The van der Waals surface area contributed by atoms with Crippen LogP contribution in [-0.2, 0) is 4.79 Å². The Labute approximate surface area is 161 Å². The number of benzene rings is 2. The van der Waals surface area contributed by atoms with Gasteiger partial charge in [-0.15, -0.1) is 0 Å². The zero-order valence-corrected chi connectivity index (χ0v) is 15.5. The van der Waals surface area contributed by atoms with E-state index < -0.39 is 11.8 Å². The highest BCUT2D eigenvalue weighted by Gasteiger charge is 2.15. The number of ether oxygens (including phenoxy) is 2. The highest BCUT2D eigenvalue weighted by Crippen LogP contribution is 2.24. The van der Waals surface area contributed by atoms with Crippen molar-refractivity contribution in [1.29, 1.82) is 0 Å². The van der Waals surface area contributed by atoms with E-state index in [1.807, 2.05) is 37.3 Å². The van der Waals surface area contributed by atoms with Crippen molar-refractivity contribution in [1.82, 2.24) is 9.78 Å². The fourth-order valence-electron chi connectivity index (χ4n) is 2.63. The van der Waals surface area contributed by atoms with Crippen molar-refractivity contribution in [2.24, 2.45) is 5.73 Å². The predicted molar refractivity (Wildman–Crippen MR) is 104 cm³/mol. The summed E-state index contributed by atoms with van der Waals surface area (Å²) in [5.74, 6) is 0.108. The molecule has 0 atom stereocenters. The fourth-order valence-corrected chi connectivity index (χ4v) is 2.63. The molecule has 0 saturated carbocycles. The third-order valence-corrected chi connectivity index (χ3v) is 3.91. The average molecular weight is 380 g/mol. The van der Waals surface area contributed by atoms with Crippen LogP contribution >= 0.6 is 0 Å². The highest BCUT2D eigenvalue weighted by atomic mass is 16.5. The molecule has 1 aromatic heterocycles. The van der Waals surface area contributed by atoms with Crippen LogP contribution in [0.3, 0.4) is 0 Å². The molecule has 28 heavy (non-hydrogen) atoms. The number of primary amides is 1. The van der Waals surface area contributed by atoms with Crippen LogP contribution < -0.4 is 20.5 Å². The number of nitrogens with one attached hydrogen (secondary N) is 1. The molecule has 3 rings (SSSR count). The van der Waals surface area contributed by atoms with Crippen LogP contribution in [0.4, 0.5) is 5.82 Å². The van der Waals surface area contributed by atoms with Crippen molar-refractivity contribution in [3.8, 4) is 17.2 Å². The zero-order chi connectivity index (χ0) is 20.1. The summed E-state index contributed by atoms with van der Waals surface area (Å²) in [6.07, 6.45) is 0.